The van der Waals surface area contributed by atoms with Gasteiger partial charge in [-0.25, -0.2) is 4.98 Å². The van der Waals surface area contributed by atoms with Crippen molar-refractivity contribution in [3.05, 3.63) is 17.6 Å². The Morgan fingerprint density at radius 1 is 1.35 bits per heavy atom. The summed E-state index contributed by atoms with van der Waals surface area (Å²) in [4.78, 5) is 8.60. The number of hydrogen-bond donors (Lipinski definition) is 0. The second-order valence-corrected chi connectivity index (χ2v) is 5.23. The molecule has 1 aromatic heterocycles. The molecule has 17 heavy (non-hydrogen) atoms. The molecule has 0 N–H and O–H groups in total. The van der Waals surface area contributed by atoms with Gasteiger partial charge in [-0.3, -0.25) is 0 Å². The molecule has 1 heterocycles. The van der Waals surface area contributed by atoms with E-state index in [0.29, 0.717) is 18.4 Å². The summed E-state index contributed by atoms with van der Waals surface area (Å²) >= 11 is 6.29. The molecule has 1 unspecified atom stereocenters. The van der Waals surface area contributed by atoms with Crippen molar-refractivity contribution in [2.45, 2.75) is 45.9 Å². The van der Waals surface area contributed by atoms with Crippen molar-refractivity contribution in [1.82, 2.24) is 9.97 Å². The number of aryl methyl sites for hydroxylation is 1. The van der Waals surface area contributed by atoms with Crippen LogP contribution in [0.4, 0.5) is 0 Å². The molecule has 4 heteroatoms. The number of rotatable bonds is 6. The van der Waals surface area contributed by atoms with E-state index in [1.54, 1.807) is 0 Å². The first-order valence-corrected chi connectivity index (χ1v) is 6.56. The number of hydrogen-bond acceptors (Lipinski definition) is 3. The van der Waals surface area contributed by atoms with E-state index in [-0.39, 0.29) is 5.38 Å². The van der Waals surface area contributed by atoms with Gasteiger partial charge in [-0.2, -0.15) is 4.98 Å². The maximum atomic E-state index is 6.29. The molecule has 0 spiro atoms. The molecule has 96 valence electrons. The number of halogens is 1. The highest BCUT2D eigenvalue weighted by atomic mass is 35.5. The molecule has 0 saturated heterocycles. The molecule has 0 aromatic carbocycles. The number of nitrogens with zero attached hydrogens (tertiary/aromatic N) is 2. The van der Waals surface area contributed by atoms with Crippen molar-refractivity contribution in [3.63, 3.8) is 0 Å². The molecule has 0 radical (unpaired) electrons. The van der Waals surface area contributed by atoms with Crippen molar-refractivity contribution >= 4 is 11.6 Å². The van der Waals surface area contributed by atoms with Crippen LogP contribution in [-0.2, 0) is 6.42 Å². The van der Waals surface area contributed by atoms with E-state index in [4.69, 9.17) is 16.3 Å². The van der Waals surface area contributed by atoms with Gasteiger partial charge < -0.3 is 4.74 Å². The molecule has 1 rings (SSSR count). The van der Waals surface area contributed by atoms with Gasteiger partial charge in [0.15, 0.2) is 0 Å². The minimum Gasteiger partial charge on any atom is -0.478 e. The third-order valence-electron chi connectivity index (χ3n) is 2.32. The second kappa shape index (κ2) is 6.80. The van der Waals surface area contributed by atoms with Crippen LogP contribution in [0, 0.1) is 12.8 Å². The van der Waals surface area contributed by atoms with Gasteiger partial charge in [-0.05, 0) is 26.2 Å². The van der Waals surface area contributed by atoms with Gasteiger partial charge in [0.25, 0.3) is 0 Å². The topological polar surface area (TPSA) is 35.0 Å². The molecule has 0 bridgehead atoms. The molecule has 3 nitrogen and oxygen atoms in total. The van der Waals surface area contributed by atoms with E-state index in [9.17, 15) is 0 Å². The van der Waals surface area contributed by atoms with Crippen molar-refractivity contribution in [3.8, 4) is 5.88 Å². The summed E-state index contributed by atoms with van der Waals surface area (Å²) in [5, 5.41) is 0.124. The summed E-state index contributed by atoms with van der Waals surface area (Å²) in [7, 11) is 0. The Hall–Kier alpha value is -0.830. The number of ether oxygens (including phenoxy) is 1. The van der Waals surface area contributed by atoms with Crippen molar-refractivity contribution in [1.29, 1.82) is 0 Å². The van der Waals surface area contributed by atoms with Crippen LogP contribution in [0.3, 0.4) is 0 Å². The first kappa shape index (κ1) is 14.2. The molecule has 1 atom stereocenters. The van der Waals surface area contributed by atoms with E-state index >= 15 is 0 Å². The van der Waals surface area contributed by atoms with Crippen LogP contribution >= 0.6 is 11.6 Å². The van der Waals surface area contributed by atoms with Crippen LogP contribution in [0.25, 0.3) is 0 Å². The molecule has 0 fully saturated rings. The Morgan fingerprint density at radius 2 is 2.06 bits per heavy atom. The van der Waals surface area contributed by atoms with Crippen LogP contribution < -0.4 is 4.74 Å². The third-order valence-corrected chi connectivity index (χ3v) is 2.65. The van der Waals surface area contributed by atoms with E-state index in [1.165, 1.54) is 0 Å². The Morgan fingerprint density at radius 3 is 2.65 bits per heavy atom. The monoisotopic (exact) mass is 256 g/mol. The van der Waals surface area contributed by atoms with Gasteiger partial charge in [0.1, 0.15) is 5.82 Å². The highest BCUT2D eigenvalue weighted by Gasteiger charge is 2.11. The van der Waals surface area contributed by atoms with Gasteiger partial charge in [0.2, 0.25) is 5.88 Å². The van der Waals surface area contributed by atoms with E-state index in [1.807, 2.05) is 19.9 Å². The van der Waals surface area contributed by atoms with Gasteiger partial charge in [-0.15, -0.1) is 11.6 Å². The maximum Gasteiger partial charge on any atom is 0.216 e. The first-order chi connectivity index (χ1) is 8.01. The second-order valence-electron chi connectivity index (χ2n) is 4.61. The first-order valence-electron chi connectivity index (χ1n) is 6.12. The highest BCUT2D eigenvalue weighted by Crippen LogP contribution is 2.17. The molecule has 1 aromatic rings. The Kier molecular flexibility index (Phi) is 5.69. The summed E-state index contributed by atoms with van der Waals surface area (Å²) in [6, 6.07) is 1.88. The molecule has 0 amide bonds. The fraction of sp³-hybridized carbons (Fsp3) is 0.692. The normalized spacial score (nSPS) is 12.8. The lowest BCUT2D eigenvalue weighted by molar-refractivity contribution is 0.324. The van der Waals surface area contributed by atoms with Crippen molar-refractivity contribution < 1.29 is 4.74 Å². The molecule has 0 aliphatic heterocycles. The Labute approximate surface area is 109 Å². The predicted molar refractivity (Wildman–Crippen MR) is 70.7 cm³/mol. The Balaban J connectivity index is 2.69. The SMILES string of the molecule is CCOc1cc(CC(Cl)CC(C)C)nc(C)n1. The third kappa shape index (κ3) is 5.35. The minimum atomic E-state index is 0.124. The van der Waals surface area contributed by atoms with Crippen molar-refractivity contribution in [2.24, 2.45) is 5.92 Å². The van der Waals surface area contributed by atoms with Gasteiger partial charge in [-0.1, -0.05) is 13.8 Å². The molecule has 0 aliphatic carbocycles. The molecule has 0 saturated carbocycles. The summed E-state index contributed by atoms with van der Waals surface area (Å²) in [6.07, 6.45) is 1.76. The average Bonchev–Trinajstić information content (AvgIpc) is 2.14. The fourth-order valence-electron chi connectivity index (χ4n) is 1.75. The summed E-state index contributed by atoms with van der Waals surface area (Å²) < 4.78 is 5.40. The van der Waals surface area contributed by atoms with Crippen molar-refractivity contribution in [2.75, 3.05) is 6.61 Å². The van der Waals surface area contributed by atoms with Crippen LogP contribution in [0.5, 0.6) is 5.88 Å². The highest BCUT2D eigenvalue weighted by molar-refractivity contribution is 6.20. The number of aromatic nitrogens is 2. The molecular formula is C13H21ClN2O. The minimum absolute atomic E-state index is 0.124. The quantitative estimate of drug-likeness (QED) is 0.732. The zero-order valence-corrected chi connectivity index (χ0v) is 11.8. The molecular weight excluding hydrogens is 236 g/mol. The zero-order valence-electron chi connectivity index (χ0n) is 11.0. The van der Waals surface area contributed by atoms with Gasteiger partial charge in [0, 0.05) is 23.6 Å². The molecule has 0 aliphatic rings. The lowest BCUT2D eigenvalue weighted by Crippen LogP contribution is -2.10. The lowest BCUT2D eigenvalue weighted by atomic mass is 10.0. The van der Waals surface area contributed by atoms with Gasteiger partial charge in [0.05, 0.1) is 6.61 Å². The Bertz CT molecular complexity index is 355. The van der Waals surface area contributed by atoms with Gasteiger partial charge >= 0.3 is 0 Å². The van der Waals surface area contributed by atoms with Crippen LogP contribution in [0.2, 0.25) is 0 Å². The fourth-order valence-corrected chi connectivity index (χ4v) is 2.26. The largest absolute Gasteiger partial charge is 0.478 e. The number of alkyl halides is 1. The van der Waals surface area contributed by atoms with E-state index in [2.05, 4.69) is 23.8 Å². The summed E-state index contributed by atoms with van der Waals surface area (Å²) in [6.45, 7) is 8.78. The van der Waals surface area contributed by atoms with Crippen LogP contribution in [0.1, 0.15) is 38.7 Å². The van der Waals surface area contributed by atoms with E-state index < -0.39 is 0 Å². The predicted octanol–water partition coefficient (Wildman–Crippen LogP) is 3.38. The van der Waals surface area contributed by atoms with Crippen LogP contribution in [0.15, 0.2) is 6.07 Å². The maximum absolute atomic E-state index is 6.29. The lowest BCUT2D eigenvalue weighted by Gasteiger charge is -2.12. The average molecular weight is 257 g/mol. The smallest absolute Gasteiger partial charge is 0.216 e. The van der Waals surface area contributed by atoms with E-state index in [0.717, 1.165) is 24.4 Å². The summed E-state index contributed by atoms with van der Waals surface area (Å²) in [5.41, 5.74) is 0.960. The van der Waals surface area contributed by atoms with Crippen LogP contribution in [-0.4, -0.2) is 22.0 Å². The standard InChI is InChI=1S/C13H21ClN2O/c1-5-17-13-8-12(15-10(4)16-13)7-11(14)6-9(2)3/h8-9,11H,5-7H2,1-4H3. The summed E-state index contributed by atoms with van der Waals surface area (Å²) in [5.74, 6) is 1.98. The zero-order chi connectivity index (χ0) is 12.8.